The lowest BCUT2D eigenvalue weighted by atomic mass is 10.0. The quantitative estimate of drug-likeness (QED) is 0.0124. The third-order valence-electron chi connectivity index (χ3n) is 9.24. The minimum Gasteiger partial charge on any atom is -0.756 e. The van der Waals surface area contributed by atoms with Crippen LogP contribution in [0, 0.1) is 0 Å². The molecular weight excluding hydrogens is 725 g/mol. The minimum atomic E-state index is -4.55. The van der Waals surface area contributed by atoms with Gasteiger partial charge in [0.2, 0.25) is 0 Å². The number of aliphatic hydroxyl groups excluding tert-OH is 1. The molecule has 1 N–H and O–H groups in total. The number of quaternary nitrogens is 1. The SMILES string of the molecule is CCCCC/C=C\C/C=C\CC(O)/C=C\C=C\CCCC(=O)OC[C@H](COP(=O)([O-])OCC[N+](C)(C)C)O/C=C/CCCCCCCCCCCCCCCC. The molecule has 0 aliphatic heterocycles. The molecule has 0 aliphatic rings. The summed E-state index contributed by atoms with van der Waals surface area (Å²) in [6.07, 6.45) is 45.1. The normalized spacial score (nSPS) is 14.8. The van der Waals surface area contributed by atoms with Gasteiger partial charge in [0, 0.05) is 6.42 Å². The first kappa shape index (κ1) is 54.0. The average Bonchev–Trinajstić information content (AvgIpc) is 3.15. The van der Waals surface area contributed by atoms with Gasteiger partial charge in [-0.3, -0.25) is 9.36 Å². The Bertz CT molecular complexity index is 1100. The number of rotatable bonds is 40. The highest BCUT2D eigenvalue weighted by atomic mass is 31.2. The third kappa shape index (κ3) is 41.6. The van der Waals surface area contributed by atoms with Gasteiger partial charge in [-0.2, -0.15) is 0 Å². The van der Waals surface area contributed by atoms with Gasteiger partial charge in [-0.05, 0) is 57.4 Å². The van der Waals surface area contributed by atoms with Crippen molar-refractivity contribution in [3.63, 3.8) is 0 Å². The van der Waals surface area contributed by atoms with Crippen LogP contribution in [0.1, 0.15) is 168 Å². The number of aliphatic hydroxyl groups is 1. The lowest BCUT2D eigenvalue weighted by Crippen LogP contribution is -2.37. The summed E-state index contributed by atoms with van der Waals surface area (Å²) in [4.78, 5) is 24.8. The van der Waals surface area contributed by atoms with Crippen LogP contribution in [0.25, 0.3) is 0 Å². The maximum Gasteiger partial charge on any atom is 0.305 e. The van der Waals surface area contributed by atoms with E-state index in [-0.39, 0.29) is 26.2 Å². The fraction of sp³-hybridized carbons (Fsp3) is 0.761. The molecule has 0 aliphatic carbocycles. The Morgan fingerprint density at radius 3 is 1.88 bits per heavy atom. The first-order valence-electron chi connectivity index (χ1n) is 22.2. The van der Waals surface area contributed by atoms with Crippen LogP contribution >= 0.6 is 7.82 Å². The van der Waals surface area contributed by atoms with Gasteiger partial charge in [0.1, 0.15) is 19.8 Å². The Kier molecular flexibility index (Phi) is 37.1. The summed E-state index contributed by atoms with van der Waals surface area (Å²) in [5, 5.41) is 10.1. The van der Waals surface area contributed by atoms with E-state index in [1.165, 1.54) is 103 Å². The first-order valence-corrected chi connectivity index (χ1v) is 23.6. The summed E-state index contributed by atoms with van der Waals surface area (Å²) in [5.41, 5.74) is 0. The van der Waals surface area contributed by atoms with Crippen molar-refractivity contribution in [1.82, 2.24) is 0 Å². The van der Waals surface area contributed by atoms with Crippen LogP contribution in [-0.4, -0.2) is 75.3 Å². The predicted molar refractivity (Wildman–Crippen MR) is 232 cm³/mol. The van der Waals surface area contributed by atoms with Gasteiger partial charge in [-0.1, -0.05) is 159 Å². The van der Waals surface area contributed by atoms with Gasteiger partial charge in [-0.25, -0.2) is 0 Å². The highest BCUT2D eigenvalue weighted by Gasteiger charge is 2.19. The molecule has 0 saturated carbocycles. The van der Waals surface area contributed by atoms with Crippen LogP contribution < -0.4 is 4.89 Å². The zero-order valence-corrected chi connectivity index (χ0v) is 37.3. The number of esters is 1. The van der Waals surface area contributed by atoms with Crippen molar-refractivity contribution < 1.29 is 42.4 Å². The van der Waals surface area contributed by atoms with Crippen LogP contribution in [0.5, 0.6) is 0 Å². The van der Waals surface area contributed by atoms with Gasteiger partial charge in [0.15, 0.2) is 6.10 Å². The lowest BCUT2D eigenvalue weighted by molar-refractivity contribution is -0.870. The second-order valence-electron chi connectivity index (χ2n) is 16.0. The van der Waals surface area contributed by atoms with Gasteiger partial charge in [0.25, 0.3) is 7.82 Å². The van der Waals surface area contributed by atoms with Crippen molar-refractivity contribution in [2.75, 3.05) is 47.5 Å². The number of likely N-dealkylation sites (N-methyl/N-ethyl adjacent to an activating group) is 1. The topological polar surface area (TPSA) is 114 Å². The second kappa shape index (κ2) is 38.5. The zero-order chi connectivity index (χ0) is 41.4. The van der Waals surface area contributed by atoms with Gasteiger partial charge in [0.05, 0.1) is 40.1 Å². The van der Waals surface area contributed by atoms with Crippen LogP contribution in [0.2, 0.25) is 0 Å². The molecule has 0 aromatic heterocycles. The minimum absolute atomic E-state index is 0.00338. The molecule has 0 bridgehead atoms. The highest BCUT2D eigenvalue weighted by molar-refractivity contribution is 7.45. The summed E-state index contributed by atoms with van der Waals surface area (Å²) < 4.78 is 34.2. The standard InChI is InChI=1S/C46H84NO8P/c1-6-8-10-12-14-16-17-18-19-20-21-22-24-26-31-35-40-52-45(43-55-56(50,51)54-41-39-47(3,4)5)42-53-46(49)38-34-30-27-29-33-37-44(48)36-32-28-25-23-15-13-11-9-7-2/h15,23,27-29,32-33,35,37,40,44-45,48H,6-14,16-22,24-26,30-31,34,36,38-39,41-43H2,1-5H3/b23-15-,29-27+,32-28-,37-33-,40-35+/t44?,45-/m1/s1. The Morgan fingerprint density at radius 1 is 0.679 bits per heavy atom. The number of phosphoric acid groups is 1. The van der Waals surface area contributed by atoms with E-state index >= 15 is 0 Å². The number of carbonyl (C=O) groups excluding carboxylic acids is 1. The van der Waals surface area contributed by atoms with Crippen LogP contribution in [-0.2, 0) is 27.9 Å². The number of hydrogen-bond acceptors (Lipinski definition) is 8. The van der Waals surface area contributed by atoms with Crippen LogP contribution in [0.4, 0.5) is 0 Å². The molecule has 2 unspecified atom stereocenters. The molecule has 56 heavy (non-hydrogen) atoms. The van der Waals surface area contributed by atoms with Crippen molar-refractivity contribution in [2.45, 2.75) is 180 Å². The lowest BCUT2D eigenvalue weighted by Gasteiger charge is -2.28. The molecule has 326 valence electrons. The summed E-state index contributed by atoms with van der Waals surface area (Å²) in [6, 6.07) is 0. The fourth-order valence-electron chi connectivity index (χ4n) is 5.66. The van der Waals surface area contributed by atoms with E-state index in [2.05, 4.69) is 32.1 Å². The molecule has 0 saturated heterocycles. The molecule has 0 radical (unpaired) electrons. The van der Waals surface area contributed by atoms with E-state index in [1.807, 2.05) is 51.5 Å². The van der Waals surface area contributed by atoms with Gasteiger partial charge >= 0.3 is 5.97 Å². The van der Waals surface area contributed by atoms with Crippen molar-refractivity contribution >= 4 is 13.8 Å². The number of carbonyl (C=O) groups is 1. The van der Waals surface area contributed by atoms with Crippen LogP contribution in [0.15, 0.2) is 60.9 Å². The Morgan fingerprint density at radius 2 is 1.23 bits per heavy atom. The smallest absolute Gasteiger partial charge is 0.305 e. The van der Waals surface area contributed by atoms with Crippen LogP contribution in [0.3, 0.4) is 0 Å². The third-order valence-corrected chi connectivity index (χ3v) is 10.2. The molecule has 0 aromatic carbocycles. The zero-order valence-electron chi connectivity index (χ0n) is 36.4. The maximum atomic E-state index is 12.5. The van der Waals surface area contributed by atoms with E-state index in [9.17, 15) is 19.4 Å². The molecule has 10 heteroatoms. The molecule has 0 rings (SSSR count). The van der Waals surface area contributed by atoms with Gasteiger partial charge < -0.3 is 33.0 Å². The molecule has 9 nitrogen and oxygen atoms in total. The van der Waals surface area contributed by atoms with Crippen molar-refractivity contribution in [3.8, 4) is 0 Å². The number of unbranched alkanes of at least 4 members (excludes halogenated alkanes) is 18. The number of allylic oxidation sites excluding steroid dienone is 7. The van der Waals surface area contributed by atoms with Crippen molar-refractivity contribution in [2.24, 2.45) is 0 Å². The Balaban J connectivity index is 4.46. The average molecular weight is 810 g/mol. The molecule has 3 atom stereocenters. The predicted octanol–water partition coefficient (Wildman–Crippen LogP) is 11.6. The van der Waals surface area contributed by atoms with E-state index in [1.54, 1.807) is 12.3 Å². The highest BCUT2D eigenvalue weighted by Crippen LogP contribution is 2.38. The molecular formula is C46H84NO8P. The van der Waals surface area contributed by atoms with E-state index in [0.717, 1.165) is 25.7 Å². The summed E-state index contributed by atoms with van der Waals surface area (Å²) >= 11 is 0. The Hall–Kier alpha value is -2.00. The summed E-state index contributed by atoms with van der Waals surface area (Å²) in [5.74, 6) is -0.392. The van der Waals surface area contributed by atoms with E-state index < -0.39 is 26.0 Å². The van der Waals surface area contributed by atoms with Crippen molar-refractivity contribution in [3.05, 3.63) is 60.9 Å². The molecule has 0 aromatic rings. The van der Waals surface area contributed by atoms with E-state index in [0.29, 0.717) is 30.3 Å². The first-order chi connectivity index (χ1) is 27.0. The fourth-order valence-corrected chi connectivity index (χ4v) is 6.39. The molecule has 0 fully saturated rings. The molecule has 0 amide bonds. The number of phosphoric ester groups is 1. The second-order valence-corrected chi connectivity index (χ2v) is 17.4. The number of ether oxygens (including phenoxy) is 2. The number of hydrogen-bond donors (Lipinski definition) is 1. The number of nitrogens with zero attached hydrogens (tertiary/aromatic N) is 1. The monoisotopic (exact) mass is 810 g/mol. The maximum absolute atomic E-state index is 12.5. The van der Waals surface area contributed by atoms with E-state index in [4.69, 9.17) is 18.5 Å². The summed E-state index contributed by atoms with van der Waals surface area (Å²) in [6.45, 7) is 4.51. The van der Waals surface area contributed by atoms with Gasteiger partial charge in [-0.15, -0.1) is 0 Å². The largest absolute Gasteiger partial charge is 0.756 e. The molecule has 0 heterocycles. The molecule has 0 spiro atoms. The van der Waals surface area contributed by atoms with Crippen molar-refractivity contribution in [1.29, 1.82) is 0 Å². The summed E-state index contributed by atoms with van der Waals surface area (Å²) in [7, 11) is 1.28. The Labute approximate surface area is 343 Å².